The molecular weight excluding hydrogens is 494 g/mol. The largest absolute Gasteiger partial charge is 0.480 e. The van der Waals surface area contributed by atoms with Crippen LogP contribution in [-0.4, -0.2) is 42.6 Å². The van der Waals surface area contributed by atoms with Crippen molar-refractivity contribution in [2.24, 2.45) is 5.73 Å². The van der Waals surface area contributed by atoms with Gasteiger partial charge in [0.25, 0.3) is 0 Å². The van der Waals surface area contributed by atoms with E-state index in [2.05, 4.69) is 20.0 Å². The molecule has 1 aromatic carbocycles. The van der Waals surface area contributed by atoms with Crippen molar-refractivity contribution in [3.8, 4) is 5.75 Å². The van der Waals surface area contributed by atoms with E-state index in [1.54, 1.807) is 0 Å². The molecule has 3 rings (SSSR count). The van der Waals surface area contributed by atoms with E-state index in [-0.39, 0.29) is 41.0 Å². The van der Waals surface area contributed by atoms with Crippen LogP contribution in [0, 0.1) is 0 Å². The van der Waals surface area contributed by atoms with Crippen molar-refractivity contribution < 1.29 is 31.8 Å². The zero-order valence-corrected chi connectivity index (χ0v) is 19.1. The van der Waals surface area contributed by atoms with Gasteiger partial charge in [-0.2, -0.15) is 8.78 Å². The van der Waals surface area contributed by atoms with E-state index in [1.165, 1.54) is 60.8 Å². The predicted octanol–water partition coefficient (Wildman–Crippen LogP) is 2.82. The molecule has 0 saturated heterocycles. The van der Waals surface area contributed by atoms with Crippen molar-refractivity contribution in [1.82, 2.24) is 9.97 Å². The number of sulfone groups is 1. The molecule has 34 heavy (non-hydrogen) atoms. The van der Waals surface area contributed by atoms with Gasteiger partial charge in [-0.15, -0.1) is 12.4 Å². The SMILES string of the molecule is Cl.NC(Cc1ccc(OC(F)F)cc1)(c1cccc(NCC(=O)O)n1)S(=O)(=O)c1cccnc1. The topological polar surface area (TPSA) is 144 Å². The number of benzene rings is 1. The number of hydrogen-bond donors (Lipinski definition) is 3. The normalized spacial score (nSPS) is 12.9. The molecule has 182 valence electrons. The minimum atomic E-state index is -4.27. The van der Waals surface area contributed by atoms with Gasteiger partial charge in [-0.1, -0.05) is 18.2 Å². The summed E-state index contributed by atoms with van der Waals surface area (Å²) >= 11 is 0. The number of anilines is 1. The van der Waals surface area contributed by atoms with Crippen LogP contribution in [0.25, 0.3) is 0 Å². The Morgan fingerprint density at radius 2 is 1.85 bits per heavy atom. The molecule has 3 aromatic rings. The number of nitrogens with two attached hydrogens (primary N) is 1. The van der Waals surface area contributed by atoms with Crippen molar-refractivity contribution in [3.05, 3.63) is 78.2 Å². The molecule has 0 fully saturated rings. The summed E-state index contributed by atoms with van der Waals surface area (Å²) in [5, 5.41) is 11.5. The molecule has 2 heterocycles. The summed E-state index contributed by atoms with van der Waals surface area (Å²) in [4.78, 5) is 16.7. The van der Waals surface area contributed by atoms with Gasteiger partial charge in [-0.25, -0.2) is 13.4 Å². The van der Waals surface area contributed by atoms with Crippen molar-refractivity contribution >= 4 is 34.0 Å². The number of carbonyl (C=O) groups is 1. The standard InChI is InChI=1S/C21H20F2N4O5S.ClH/c22-20(23)32-15-8-6-14(7-9-15)11-21(24,33(30,31)16-3-2-10-25-12-16)17-4-1-5-18(27-17)26-13-19(28)29;/h1-10,12,20H,11,13,24H2,(H,26,27)(H,28,29);1H. The van der Waals surface area contributed by atoms with E-state index < -0.39 is 33.8 Å². The number of carboxylic acids is 1. The Labute approximate surface area is 200 Å². The van der Waals surface area contributed by atoms with E-state index in [4.69, 9.17) is 10.8 Å². The Morgan fingerprint density at radius 3 is 2.44 bits per heavy atom. The van der Waals surface area contributed by atoms with Gasteiger partial charge in [-0.3, -0.25) is 9.78 Å². The third-order valence-corrected chi connectivity index (χ3v) is 6.82. The monoisotopic (exact) mass is 514 g/mol. The average Bonchev–Trinajstić information content (AvgIpc) is 2.79. The fourth-order valence-electron chi connectivity index (χ4n) is 3.07. The number of ether oxygens (including phenoxy) is 1. The van der Waals surface area contributed by atoms with Crippen molar-refractivity contribution in [2.45, 2.75) is 22.8 Å². The molecule has 13 heteroatoms. The molecule has 0 saturated carbocycles. The van der Waals surface area contributed by atoms with E-state index in [0.29, 0.717) is 5.56 Å². The number of nitrogens with zero attached hydrogens (tertiary/aromatic N) is 2. The number of nitrogens with one attached hydrogen (secondary N) is 1. The Kier molecular flexibility index (Phi) is 8.85. The fourth-order valence-corrected chi connectivity index (χ4v) is 4.69. The number of aromatic nitrogens is 2. The van der Waals surface area contributed by atoms with Crippen LogP contribution in [-0.2, 0) is 25.9 Å². The quantitative estimate of drug-likeness (QED) is 0.372. The lowest BCUT2D eigenvalue weighted by Gasteiger charge is -2.29. The number of rotatable bonds is 10. The van der Waals surface area contributed by atoms with Crippen LogP contribution >= 0.6 is 12.4 Å². The lowest BCUT2D eigenvalue weighted by atomic mass is 10.0. The first-order valence-electron chi connectivity index (χ1n) is 9.52. The van der Waals surface area contributed by atoms with Gasteiger partial charge in [0.2, 0.25) is 9.84 Å². The summed E-state index contributed by atoms with van der Waals surface area (Å²) in [6.45, 7) is -3.43. The number of aliphatic carboxylic acids is 1. The maximum Gasteiger partial charge on any atom is 0.387 e. The first-order valence-corrected chi connectivity index (χ1v) is 11.0. The van der Waals surface area contributed by atoms with E-state index in [1.807, 2.05) is 0 Å². The fraction of sp³-hybridized carbons (Fsp3) is 0.190. The van der Waals surface area contributed by atoms with Crippen molar-refractivity contribution in [2.75, 3.05) is 11.9 Å². The molecule has 2 aromatic heterocycles. The second-order valence-corrected chi connectivity index (χ2v) is 9.14. The molecule has 0 aliphatic heterocycles. The predicted molar refractivity (Wildman–Crippen MR) is 122 cm³/mol. The highest BCUT2D eigenvalue weighted by Crippen LogP contribution is 2.34. The van der Waals surface area contributed by atoms with Gasteiger partial charge in [0, 0.05) is 18.8 Å². The van der Waals surface area contributed by atoms with Gasteiger partial charge in [0.15, 0.2) is 4.87 Å². The molecule has 0 aliphatic carbocycles. The van der Waals surface area contributed by atoms with Crippen LogP contribution in [0.4, 0.5) is 14.6 Å². The zero-order chi connectivity index (χ0) is 24.1. The Morgan fingerprint density at radius 1 is 1.15 bits per heavy atom. The first kappa shape index (κ1) is 26.9. The van der Waals surface area contributed by atoms with Crippen LogP contribution in [0.2, 0.25) is 0 Å². The van der Waals surface area contributed by atoms with Crippen molar-refractivity contribution in [1.29, 1.82) is 0 Å². The van der Waals surface area contributed by atoms with Crippen molar-refractivity contribution in [3.63, 3.8) is 0 Å². The lowest BCUT2D eigenvalue weighted by Crippen LogP contribution is -2.47. The lowest BCUT2D eigenvalue weighted by molar-refractivity contribution is -0.134. The summed E-state index contributed by atoms with van der Waals surface area (Å²) < 4.78 is 56.4. The molecular formula is C21H21ClF2N4O5S. The van der Waals surface area contributed by atoms with Crippen LogP contribution in [0.1, 0.15) is 11.3 Å². The summed E-state index contributed by atoms with van der Waals surface area (Å²) in [7, 11) is -4.27. The Bertz CT molecular complexity index is 1220. The molecule has 1 atom stereocenters. The highest BCUT2D eigenvalue weighted by molar-refractivity contribution is 7.92. The third kappa shape index (κ3) is 6.16. The maximum atomic E-state index is 13.6. The van der Waals surface area contributed by atoms with E-state index in [9.17, 15) is 22.0 Å². The molecule has 4 N–H and O–H groups in total. The van der Waals surface area contributed by atoms with E-state index in [0.717, 1.165) is 6.20 Å². The summed E-state index contributed by atoms with van der Waals surface area (Å²) in [6.07, 6.45) is 2.30. The van der Waals surface area contributed by atoms with Gasteiger partial charge in [0.05, 0.1) is 10.6 Å². The summed E-state index contributed by atoms with van der Waals surface area (Å²) in [6, 6.07) is 12.6. The van der Waals surface area contributed by atoms with Gasteiger partial charge in [-0.05, 0) is 42.0 Å². The highest BCUT2D eigenvalue weighted by Gasteiger charge is 2.44. The van der Waals surface area contributed by atoms with E-state index >= 15 is 0 Å². The van der Waals surface area contributed by atoms with Gasteiger partial charge in [0.1, 0.15) is 18.1 Å². The maximum absolute atomic E-state index is 13.6. The number of carboxylic acid groups (broad SMARTS) is 1. The Balaban J connectivity index is 0.00000408. The molecule has 0 radical (unpaired) electrons. The highest BCUT2D eigenvalue weighted by atomic mass is 35.5. The first-order chi connectivity index (χ1) is 15.6. The second-order valence-electron chi connectivity index (χ2n) is 6.94. The molecule has 9 nitrogen and oxygen atoms in total. The molecule has 0 amide bonds. The third-order valence-electron chi connectivity index (χ3n) is 4.64. The molecule has 0 aliphatic rings. The van der Waals surface area contributed by atoms with Crippen LogP contribution in [0.5, 0.6) is 5.75 Å². The molecule has 0 bridgehead atoms. The number of pyridine rings is 2. The van der Waals surface area contributed by atoms with Crippen LogP contribution in [0.3, 0.4) is 0 Å². The smallest absolute Gasteiger partial charge is 0.387 e. The Hall–Kier alpha value is -3.35. The molecule has 0 spiro atoms. The zero-order valence-electron chi connectivity index (χ0n) is 17.5. The summed E-state index contributed by atoms with van der Waals surface area (Å²) in [5.74, 6) is -1.11. The van der Waals surface area contributed by atoms with Gasteiger partial charge >= 0.3 is 12.6 Å². The van der Waals surface area contributed by atoms with Crippen LogP contribution < -0.4 is 15.8 Å². The van der Waals surface area contributed by atoms with Crippen LogP contribution in [0.15, 0.2) is 71.9 Å². The average molecular weight is 515 g/mol. The minimum Gasteiger partial charge on any atom is -0.480 e. The minimum absolute atomic E-state index is 0. The summed E-state index contributed by atoms with van der Waals surface area (Å²) in [5.41, 5.74) is 6.90. The van der Waals surface area contributed by atoms with Gasteiger partial charge < -0.3 is 20.9 Å². The number of alkyl halides is 2. The number of halogens is 3. The number of hydrogen-bond acceptors (Lipinski definition) is 8. The second kappa shape index (κ2) is 11.2. The molecule has 1 unspecified atom stereocenters.